The molecule has 106 valence electrons. The summed E-state index contributed by atoms with van der Waals surface area (Å²) in [5.74, 6) is -0.202. The maximum atomic E-state index is 11.0. The molecule has 0 saturated heterocycles. The summed E-state index contributed by atoms with van der Waals surface area (Å²) in [7, 11) is 1.78. The Morgan fingerprint density at radius 2 is 2.20 bits per heavy atom. The third-order valence-electron chi connectivity index (χ3n) is 3.09. The molecule has 0 unspecified atom stereocenters. The number of halogens is 1. The van der Waals surface area contributed by atoms with Crippen LogP contribution in [0.1, 0.15) is 25.1 Å². The smallest absolute Gasteiger partial charge is 0.249 e. The molecule has 0 amide bonds. The zero-order chi connectivity index (χ0) is 15.0. The van der Waals surface area contributed by atoms with Gasteiger partial charge in [-0.3, -0.25) is 14.8 Å². The molecule has 0 atom stereocenters. The average Bonchev–Trinajstić information content (AvgIpc) is 2.60. The standard InChI is InChI=1S/C13H15ClN4O2/c1-7(2)11(18(19)20)6-9-5-10-8(3)16-17(4)13(10)15-12(9)14/h5-7H,1-4H3/b11-6-. The predicted molar refractivity (Wildman–Crippen MR) is 78.1 cm³/mol. The van der Waals surface area contributed by atoms with E-state index in [1.54, 1.807) is 31.6 Å². The quantitative estimate of drug-likeness (QED) is 0.495. The monoisotopic (exact) mass is 294 g/mol. The molecule has 0 aromatic carbocycles. The van der Waals surface area contributed by atoms with Gasteiger partial charge in [-0.25, -0.2) is 4.98 Å². The summed E-state index contributed by atoms with van der Waals surface area (Å²) >= 11 is 6.12. The number of aryl methyl sites for hydroxylation is 2. The zero-order valence-corrected chi connectivity index (χ0v) is 12.5. The third-order valence-corrected chi connectivity index (χ3v) is 3.39. The molecule has 0 aliphatic carbocycles. The Morgan fingerprint density at radius 3 is 2.75 bits per heavy atom. The van der Waals surface area contributed by atoms with Gasteiger partial charge in [0.15, 0.2) is 5.65 Å². The van der Waals surface area contributed by atoms with Crippen LogP contribution in [0.3, 0.4) is 0 Å². The highest BCUT2D eigenvalue weighted by Crippen LogP contribution is 2.26. The van der Waals surface area contributed by atoms with Crippen LogP contribution in [-0.4, -0.2) is 19.7 Å². The van der Waals surface area contributed by atoms with Crippen molar-refractivity contribution in [2.75, 3.05) is 0 Å². The van der Waals surface area contributed by atoms with Crippen LogP contribution in [0.4, 0.5) is 0 Å². The van der Waals surface area contributed by atoms with Crippen LogP contribution in [0.5, 0.6) is 0 Å². The first-order valence-electron chi connectivity index (χ1n) is 6.17. The van der Waals surface area contributed by atoms with Gasteiger partial charge in [0.1, 0.15) is 5.15 Å². The second-order valence-electron chi connectivity index (χ2n) is 4.93. The summed E-state index contributed by atoms with van der Waals surface area (Å²) < 4.78 is 1.64. The van der Waals surface area contributed by atoms with Gasteiger partial charge in [0, 0.05) is 30.0 Å². The van der Waals surface area contributed by atoms with Crippen molar-refractivity contribution in [2.24, 2.45) is 13.0 Å². The molecular formula is C13H15ClN4O2. The third kappa shape index (κ3) is 2.51. The number of hydrogen-bond acceptors (Lipinski definition) is 4. The van der Waals surface area contributed by atoms with Gasteiger partial charge < -0.3 is 0 Å². The molecule has 0 spiro atoms. The highest BCUT2D eigenvalue weighted by atomic mass is 35.5. The van der Waals surface area contributed by atoms with E-state index < -0.39 is 0 Å². The number of nitro groups is 1. The van der Waals surface area contributed by atoms with Crippen molar-refractivity contribution in [1.82, 2.24) is 14.8 Å². The Hall–Kier alpha value is -1.95. The minimum atomic E-state index is -0.388. The molecule has 0 aliphatic heterocycles. The van der Waals surface area contributed by atoms with Crippen molar-refractivity contribution in [2.45, 2.75) is 20.8 Å². The molecule has 2 rings (SSSR count). The summed E-state index contributed by atoms with van der Waals surface area (Å²) in [6, 6.07) is 1.79. The molecule has 2 aromatic rings. The molecule has 0 saturated carbocycles. The van der Waals surface area contributed by atoms with Crippen molar-refractivity contribution < 1.29 is 4.92 Å². The summed E-state index contributed by atoms with van der Waals surface area (Å²) in [6.07, 6.45) is 1.48. The molecule has 0 fully saturated rings. The van der Waals surface area contributed by atoms with Crippen LogP contribution in [0.2, 0.25) is 5.15 Å². The van der Waals surface area contributed by atoms with E-state index in [-0.39, 0.29) is 21.7 Å². The van der Waals surface area contributed by atoms with Crippen LogP contribution in [-0.2, 0) is 7.05 Å². The minimum absolute atomic E-state index is 0.106. The number of rotatable bonds is 3. The van der Waals surface area contributed by atoms with Crippen molar-refractivity contribution in [3.8, 4) is 0 Å². The molecule has 2 aromatic heterocycles. The number of hydrogen-bond donors (Lipinski definition) is 0. The van der Waals surface area contributed by atoms with Crippen molar-refractivity contribution in [3.05, 3.63) is 38.3 Å². The fraction of sp³-hybridized carbons (Fsp3) is 0.385. The van der Waals surface area contributed by atoms with Gasteiger partial charge in [-0.15, -0.1) is 0 Å². The number of fused-ring (bicyclic) bond motifs is 1. The largest absolute Gasteiger partial charge is 0.259 e. The van der Waals surface area contributed by atoms with E-state index in [0.29, 0.717) is 11.2 Å². The van der Waals surface area contributed by atoms with Crippen molar-refractivity contribution >= 4 is 28.7 Å². The lowest BCUT2D eigenvalue weighted by Crippen LogP contribution is -2.05. The Bertz CT molecular complexity index is 719. The zero-order valence-electron chi connectivity index (χ0n) is 11.7. The van der Waals surface area contributed by atoms with Crippen LogP contribution < -0.4 is 0 Å². The van der Waals surface area contributed by atoms with E-state index in [0.717, 1.165) is 11.1 Å². The van der Waals surface area contributed by atoms with Gasteiger partial charge >= 0.3 is 0 Å². The molecule has 0 aliphatic rings. The van der Waals surface area contributed by atoms with E-state index >= 15 is 0 Å². The molecule has 6 nitrogen and oxygen atoms in total. The maximum Gasteiger partial charge on any atom is 0.249 e. The fourth-order valence-electron chi connectivity index (χ4n) is 2.03. The Balaban J connectivity index is 2.66. The molecule has 0 bridgehead atoms. The van der Waals surface area contributed by atoms with E-state index in [1.165, 1.54) is 6.08 Å². The lowest BCUT2D eigenvalue weighted by Gasteiger charge is -2.04. The first-order chi connectivity index (χ1) is 9.31. The van der Waals surface area contributed by atoms with E-state index in [9.17, 15) is 10.1 Å². The van der Waals surface area contributed by atoms with E-state index in [1.807, 2.05) is 6.92 Å². The minimum Gasteiger partial charge on any atom is -0.259 e. The van der Waals surface area contributed by atoms with Gasteiger partial charge in [0.05, 0.1) is 10.6 Å². The second-order valence-corrected chi connectivity index (χ2v) is 5.29. The summed E-state index contributed by atoms with van der Waals surface area (Å²) in [4.78, 5) is 14.9. The van der Waals surface area contributed by atoms with Crippen LogP contribution in [0, 0.1) is 23.0 Å². The van der Waals surface area contributed by atoms with E-state index in [4.69, 9.17) is 11.6 Å². The Labute approximate surface area is 121 Å². The summed E-state index contributed by atoms with van der Waals surface area (Å²) in [5, 5.41) is 16.4. The van der Waals surface area contributed by atoms with Gasteiger partial charge in [-0.2, -0.15) is 5.10 Å². The lowest BCUT2D eigenvalue weighted by molar-refractivity contribution is -0.431. The van der Waals surface area contributed by atoms with Crippen LogP contribution in [0.15, 0.2) is 11.8 Å². The second kappa shape index (κ2) is 5.20. The topological polar surface area (TPSA) is 73.8 Å². The number of aromatic nitrogens is 3. The fourth-order valence-corrected chi connectivity index (χ4v) is 2.22. The van der Waals surface area contributed by atoms with Gasteiger partial charge in [-0.05, 0) is 13.0 Å². The summed E-state index contributed by atoms with van der Waals surface area (Å²) in [5.41, 5.74) is 2.12. The van der Waals surface area contributed by atoms with Gasteiger partial charge in [0.2, 0.25) is 5.70 Å². The first-order valence-corrected chi connectivity index (χ1v) is 6.55. The predicted octanol–water partition coefficient (Wildman–Crippen LogP) is 3.20. The Morgan fingerprint density at radius 1 is 1.55 bits per heavy atom. The average molecular weight is 295 g/mol. The van der Waals surface area contributed by atoms with Crippen molar-refractivity contribution in [1.29, 1.82) is 0 Å². The Kier molecular flexibility index (Phi) is 3.76. The molecule has 0 radical (unpaired) electrons. The highest BCUT2D eigenvalue weighted by Gasteiger charge is 2.18. The lowest BCUT2D eigenvalue weighted by atomic mass is 10.1. The van der Waals surface area contributed by atoms with E-state index in [2.05, 4.69) is 10.1 Å². The molecule has 7 heteroatoms. The number of nitrogens with zero attached hydrogens (tertiary/aromatic N) is 4. The van der Waals surface area contributed by atoms with Crippen LogP contribution >= 0.6 is 11.6 Å². The first kappa shape index (κ1) is 14.5. The van der Waals surface area contributed by atoms with Crippen LogP contribution in [0.25, 0.3) is 17.1 Å². The van der Waals surface area contributed by atoms with Gasteiger partial charge in [0.25, 0.3) is 0 Å². The number of pyridine rings is 1. The SMILES string of the molecule is Cc1nn(C)c2nc(Cl)c(/C=C(/C(C)C)[N+](=O)[O-])cc12. The molecular weight excluding hydrogens is 280 g/mol. The van der Waals surface area contributed by atoms with Crippen molar-refractivity contribution in [3.63, 3.8) is 0 Å². The molecule has 0 N–H and O–H groups in total. The maximum absolute atomic E-state index is 11.0. The van der Waals surface area contributed by atoms with Gasteiger partial charge in [-0.1, -0.05) is 25.4 Å². The number of allylic oxidation sites excluding steroid dienone is 1. The molecule has 2 heterocycles. The highest BCUT2D eigenvalue weighted by molar-refractivity contribution is 6.31. The molecule has 20 heavy (non-hydrogen) atoms. The normalized spacial score (nSPS) is 12.4. The summed E-state index contributed by atoms with van der Waals surface area (Å²) in [6.45, 7) is 5.40.